The van der Waals surface area contributed by atoms with Gasteiger partial charge in [-0.3, -0.25) is 4.79 Å². The van der Waals surface area contributed by atoms with Crippen molar-refractivity contribution in [2.75, 3.05) is 6.61 Å². The minimum absolute atomic E-state index is 0.0143. The van der Waals surface area contributed by atoms with E-state index >= 15 is 0 Å². The van der Waals surface area contributed by atoms with Crippen LogP contribution in [0, 0.1) is 19.8 Å². The lowest BCUT2D eigenvalue weighted by Gasteiger charge is -2.13. The van der Waals surface area contributed by atoms with E-state index in [1.54, 1.807) is 16.8 Å². The van der Waals surface area contributed by atoms with E-state index in [0.717, 1.165) is 23.8 Å². The fourth-order valence-corrected chi connectivity index (χ4v) is 2.79. The van der Waals surface area contributed by atoms with Gasteiger partial charge in [0.05, 0.1) is 5.69 Å². The molecule has 3 rings (SSSR count). The third kappa shape index (κ3) is 3.32. The van der Waals surface area contributed by atoms with E-state index in [9.17, 15) is 4.79 Å². The first-order valence-electron chi connectivity index (χ1n) is 7.67. The number of aryl methyl sites for hydroxylation is 2. The first kappa shape index (κ1) is 15.4. The van der Waals surface area contributed by atoms with Crippen molar-refractivity contribution < 1.29 is 9.90 Å². The number of hydrogen-bond donors (Lipinski definition) is 2. The number of nitrogens with zero attached hydrogens (tertiary/aromatic N) is 3. The Hall–Kier alpha value is -2.47. The molecule has 1 heterocycles. The normalized spacial score (nSPS) is 20.0. The molecule has 0 radical (unpaired) electrons. The molecule has 0 saturated heterocycles. The molecule has 1 aromatic carbocycles. The van der Waals surface area contributed by atoms with Crippen LogP contribution in [0.2, 0.25) is 0 Å². The van der Waals surface area contributed by atoms with Gasteiger partial charge in [0.2, 0.25) is 0 Å². The molecule has 23 heavy (non-hydrogen) atoms. The molecular formula is C17H20N4O2. The van der Waals surface area contributed by atoms with Gasteiger partial charge in [0.1, 0.15) is 11.6 Å². The SMILES string of the molecule is Cc1nc(C)n(-c2ccc(C(=O)N[C@@H]3C=C[C@H](CO)C3)cc2)n1. The summed E-state index contributed by atoms with van der Waals surface area (Å²) in [6.45, 7) is 3.86. The first-order chi connectivity index (χ1) is 11.1. The summed E-state index contributed by atoms with van der Waals surface area (Å²) < 4.78 is 1.75. The van der Waals surface area contributed by atoms with Gasteiger partial charge >= 0.3 is 0 Å². The van der Waals surface area contributed by atoms with Crippen molar-refractivity contribution >= 4 is 5.91 Å². The van der Waals surface area contributed by atoms with E-state index in [2.05, 4.69) is 15.4 Å². The fourth-order valence-electron chi connectivity index (χ4n) is 2.79. The molecule has 0 spiro atoms. The third-order valence-electron chi connectivity index (χ3n) is 3.97. The lowest BCUT2D eigenvalue weighted by atomic mass is 10.1. The Morgan fingerprint density at radius 2 is 2.04 bits per heavy atom. The number of aliphatic hydroxyl groups excluding tert-OH is 1. The van der Waals surface area contributed by atoms with Crippen LogP contribution in [-0.2, 0) is 0 Å². The van der Waals surface area contributed by atoms with Crippen molar-refractivity contribution in [1.29, 1.82) is 0 Å². The van der Waals surface area contributed by atoms with Crippen molar-refractivity contribution in [2.24, 2.45) is 5.92 Å². The van der Waals surface area contributed by atoms with Gasteiger partial charge in [-0.1, -0.05) is 12.2 Å². The summed E-state index contributed by atoms with van der Waals surface area (Å²) in [7, 11) is 0. The molecule has 1 amide bonds. The Balaban J connectivity index is 1.69. The number of rotatable bonds is 4. The van der Waals surface area contributed by atoms with E-state index in [0.29, 0.717) is 5.56 Å². The highest BCUT2D eigenvalue weighted by atomic mass is 16.3. The molecule has 2 aromatic rings. The minimum Gasteiger partial charge on any atom is -0.396 e. The molecule has 0 aliphatic heterocycles. The van der Waals surface area contributed by atoms with Crippen LogP contribution in [0.3, 0.4) is 0 Å². The Bertz CT molecular complexity index is 734. The smallest absolute Gasteiger partial charge is 0.251 e. The zero-order chi connectivity index (χ0) is 16.4. The molecule has 1 aliphatic carbocycles. The number of carbonyl (C=O) groups is 1. The average molecular weight is 312 g/mol. The molecule has 120 valence electrons. The van der Waals surface area contributed by atoms with E-state index < -0.39 is 0 Å². The maximum atomic E-state index is 12.3. The monoisotopic (exact) mass is 312 g/mol. The molecular weight excluding hydrogens is 292 g/mol. The van der Waals surface area contributed by atoms with Crippen LogP contribution in [0.5, 0.6) is 0 Å². The second-order valence-electron chi connectivity index (χ2n) is 5.81. The molecule has 0 saturated carbocycles. The van der Waals surface area contributed by atoms with Crippen LogP contribution in [0.1, 0.15) is 28.4 Å². The molecule has 2 atom stereocenters. The second-order valence-corrected chi connectivity index (χ2v) is 5.81. The van der Waals surface area contributed by atoms with Gasteiger partial charge in [-0.05, 0) is 44.5 Å². The lowest BCUT2D eigenvalue weighted by molar-refractivity contribution is 0.0941. The van der Waals surface area contributed by atoms with E-state index in [1.807, 2.05) is 38.1 Å². The number of aliphatic hydroxyl groups is 1. The van der Waals surface area contributed by atoms with Crippen molar-refractivity contribution in [3.05, 3.63) is 53.6 Å². The standard InChI is InChI=1S/C17H20N4O2/c1-11-18-12(2)21(20-11)16-7-4-14(5-8-16)17(23)19-15-6-3-13(9-15)10-22/h3-8,13,15,22H,9-10H2,1-2H3,(H,19,23)/t13-,15+/m0/s1. The van der Waals surface area contributed by atoms with Crippen LogP contribution in [0.25, 0.3) is 5.69 Å². The van der Waals surface area contributed by atoms with Crippen molar-refractivity contribution in [2.45, 2.75) is 26.3 Å². The number of benzene rings is 1. The predicted molar refractivity (Wildman–Crippen MR) is 86.4 cm³/mol. The molecule has 0 unspecified atom stereocenters. The summed E-state index contributed by atoms with van der Waals surface area (Å²) >= 11 is 0. The summed E-state index contributed by atoms with van der Waals surface area (Å²) in [5, 5.41) is 16.4. The predicted octanol–water partition coefficient (Wildman–Crippen LogP) is 1.55. The van der Waals surface area contributed by atoms with Crippen molar-refractivity contribution in [3.63, 3.8) is 0 Å². The Kier molecular flexibility index (Phi) is 4.25. The van der Waals surface area contributed by atoms with Gasteiger partial charge in [0, 0.05) is 24.1 Å². The molecule has 6 heteroatoms. The van der Waals surface area contributed by atoms with Gasteiger partial charge in [-0.25, -0.2) is 9.67 Å². The number of hydrogen-bond acceptors (Lipinski definition) is 4. The van der Waals surface area contributed by atoms with Crippen molar-refractivity contribution in [3.8, 4) is 5.69 Å². The largest absolute Gasteiger partial charge is 0.396 e. The zero-order valence-corrected chi connectivity index (χ0v) is 13.2. The Labute approximate surface area is 134 Å². The second kappa shape index (κ2) is 6.34. The van der Waals surface area contributed by atoms with Gasteiger partial charge < -0.3 is 10.4 Å². The molecule has 1 aromatic heterocycles. The van der Waals surface area contributed by atoms with E-state index in [1.165, 1.54) is 0 Å². The molecule has 0 fully saturated rings. The van der Waals surface area contributed by atoms with Crippen LogP contribution in [-0.4, -0.2) is 38.4 Å². The highest BCUT2D eigenvalue weighted by Crippen LogP contribution is 2.18. The van der Waals surface area contributed by atoms with Gasteiger partial charge in [-0.15, -0.1) is 0 Å². The maximum absolute atomic E-state index is 12.3. The summed E-state index contributed by atoms with van der Waals surface area (Å²) in [4.78, 5) is 16.5. The summed E-state index contributed by atoms with van der Waals surface area (Å²) in [5.41, 5.74) is 1.48. The highest BCUT2D eigenvalue weighted by molar-refractivity contribution is 5.94. The van der Waals surface area contributed by atoms with Gasteiger partial charge in [0.15, 0.2) is 0 Å². The minimum atomic E-state index is -0.115. The zero-order valence-electron chi connectivity index (χ0n) is 13.2. The number of aromatic nitrogens is 3. The quantitative estimate of drug-likeness (QED) is 0.840. The molecule has 1 aliphatic rings. The van der Waals surface area contributed by atoms with Gasteiger partial charge in [0.25, 0.3) is 5.91 Å². The Morgan fingerprint density at radius 1 is 1.30 bits per heavy atom. The van der Waals surface area contributed by atoms with E-state index in [-0.39, 0.29) is 24.5 Å². The molecule has 0 bridgehead atoms. The number of nitrogens with one attached hydrogen (secondary N) is 1. The number of carbonyl (C=O) groups excluding carboxylic acids is 1. The van der Waals surface area contributed by atoms with Crippen LogP contribution in [0.4, 0.5) is 0 Å². The highest BCUT2D eigenvalue weighted by Gasteiger charge is 2.20. The lowest BCUT2D eigenvalue weighted by Crippen LogP contribution is -2.32. The van der Waals surface area contributed by atoms with Crippen LogP contribution < -0.4 is 5.32 Å². The van der Waals surface area contributed by atoms with Crippen LogP contribution >= 0.6 is 0 Å². The first-order valence-corrected chi connectivity index (χ1v) is 7.67. The maximum Gasteiger partial charge on any atom is 0.251 e. The topological polar surface area (TPSA) is 80.0 Å². The summed E-state index contributed by atoms with van der Waals surface area (Å²) in [6, 6.07) is 7.26. The number of amides is 1. The van der Waals surface area contributed by atoms with Crippen LogP contribution in [0.15, 0.2) is 36.4 Å². The third-order valence-corrected chi connectivity index (χ3v) is 3.97. The van der Waals surface area contributed by atoms with Gasteiger partial charge in [-0.2, -0.15) is 5.10 Å². The molecule has 6 nitrogen and oxygen atoms in total. The molecule has 2 N–H and O–H groups in total. The summed E-state index contributed by atoms with van der Waals surface area (Å²) in [6.07, 6.45) is 4.64. The average Bonchev–Trinajstić information content (AvgIpc) is 3.13. The Morgan fingerprint density at radius 3 is 2.61 bits per heavy atom. The van der Waals surface area contributed by atoms with Crippen molar-refractivity contribution in [1.82, 2.24) is 20.1 Å². The summed E-state index contributed by atoms with van der Waals surface area (Å²) in [5.74, 6) is 1.55. The fraction of sp³-hybridized carbons (Fsp3) is 0.353. The van der Waals surface area contributed by atoms with E-state index in [4.69, 9.17) is 5.11 Å².